The average Bonchev–Trinajstić information content (AvgIpc) is 3.40. The Labute approximate surface area is 217 Å². The van der Waals surface area contributed by atoms with Crippen LogP contribution >= 0.6 is 0 Å². The molecule has 37 heavy (non-hydrogen) atoms. The Balaban J connectivity index is 1.36. The molecule has 2 aromatic carbocycles. The number of nitrogens with zero attached hydrogens (tertiary/aromatic N) is 4. The molecular formula is C27H34N4O6. The Hall–Kier alpha value is -3.79. The van der Waals surface area contributed by atoms with E-state index in [1.54, 1.807) is 33.3 Å². The lowest BCUT2D eigenvalue weighted by molar-refractivity contribution is -0.136. The second-order valence-electron chi connectivity index (χ2n) is 9.04. The molecule has 0 bridgehead atoms. The van der Waals surface area contributed by atoms with Gasteiger partial charge < -0.3 is 28.4 Å². The highest BCUT2D eigenvalue weighted by molar-refractivity contribution is 5.79. The highest BCUT2D eigenvalue weighted by Crippen LogP contribution is 2.32. The number of amides is 1. The van der Waals surface area contributed by atoms with Crippen LogP contribution in [-0.2, 0) is 17.9 Å². The number of piperidine rings is 1. The van der Waals surface area contributed by atoms with Gasteiger partial charge in [-0.3, -0.25) is 9.69 Å². The van der Waals surface area contributed by atoms with E-state index in [9.17, 15) is 4.79 Å². The quantitative estimate of drug-likeness (QED) is 0.405. The molecule has 1 atom stereocenters. The van der Waals surface area contributed by atoms with Crippen LogP contribution in [0.1, 0.15) is 24.3 Å². The fourth-order valence-corrected chi connectivity index (χ4v) is 4.65. The SMILES string of the molecule is COc1ccc(CN(C)C(=O)C2CCCN(Cc3nc(-c4ccc(OC)c(OC)c4)no3)C2)cc1OC. The zero-order chi connectivity index (χ0) is 26.4. The summed E-state index contributed by atoms with van der Waals surface area (Å²) >= 11 is 0. The van der Waals surface area contributed by atoms with Gasteiger partial charge in [-0.2, -0.15) is 4.98 Å². The lowest BCUT2D eigenvalue weighted by atomic mass is 9.96. The van der Waals surface area contributed by atoms with Crippen molar-refractivity contribution in [2.24, 2.45) is 5.92 Å². The van der Waals surface area contributed by atoms with E-state index in [2.05, 4.69) is 15.0 Å². The van der Waals surface area contributed by atoms with Gasteiger partial charge in [0.2, 0.25) is 17.6 Å². The maximum atomic E-state index is 13.2. The lowest BCUT2D eigenvalue weighted by Gasteiger charge is -2.33. The van der Waals surface area contributed by atoms with E-state index >= 15 is 0 Å². The Bertz CT molecular complexity index is 1210. The van der Waals surface area contributed by atoms with Crippen molar-refractivity contribution in [1.82, 2.24) is 19.9 Å². The first kappa shape index (κ1) is 26.3. The summed E-state index contributed by atoms with van der Waals surface area (Å²) in [5, 5.41) is 4.13. The number of methoxy groups -OCH3 is 4. The first-order valence-electron chi connectivity index (χ1n) is 12.2. The molecule has 0 N–H and O–H groups in total. The van der Waals surface area contributed by atoms with E-state index < -0.39 is 0 Å². The zero-order valence-corrected chi connectivity index (χ0v) is 22.0. The number of ether oxygens (including phenoxy) is 4. The fourth-order valence-electron chi connectivity index (χ4n) is 4.65. The number of aromatic nitrogens is 2. The van der Waals surface area contributed by atoms with Crippen LogP contribution in [-0.4, -0.2) is 74.4 Å². The molecule has 1 amide bonds. The summed E-state index contributed by atoms with van der Waals surface area (Å²) in [5.41, 5.74) is 1.76. The summed E-state index contributed by atoms with van der Waals surface area (Å²) < 4.78 is 26.9. The molecule has 1 unspecified atom stereocenters. The molecule has 1 fully saturated rings. The van der Waals surface area contributed by atoms with Crippen LogP contribution in [0.3, 0.4) is 0 Å². The summed E-state index contributed by atoms with van der Waals surface area (Å²) in [6, 6.07) is 11.2. The van der Waals surface area contributed by atoms with Crippen LogP contribution in [0.4, 0.5) is 0 Å². The number of likely N-dealkylation sites (tertiary alicyclic amines) is 1. The lowest BCUT2D eigenvalue weighted by Crippen LogP contribution is -2.43. The summed E-state index contributed by atoms with van der Waals surface area (Å²) in [4.78, 5) is 21.8. The number of benzene rings is 2. The normalized spacial score (nSPS) is 15.8. The number of hydrogen-bond donors (Lipinski definition) is 0. The van der Waals surface area contributed by atoms with Gasteiger partial charge in [-0.05, 0) is 55.3 Å². The average molecular weight is 511 g/mol. The van der Waals surface area contributed by atoms with Crippen LogP contribution in [0.5, 0.6) is 23.0 Å². The van der Waals surface area contributed by atoms with Crippen LogP contribution in [0.15, 0.2) is 40.9 Å². The van der Waals surface area contributed by atoms with E-state index in [1.165, 1.54) is 0 Å². The number of hydrogen-bond acceptors (Lipinski definition) is 9. The van der Waals surface area contributed by atoms with E-state index in [0.717, 1.165) is 30.5 Å². The number of carbonyl (C=O) groups excluding carboxylic acids is 1. The molecule has 1 saturated heterocycles. The third-order valence-corrected chi connectivity index (χ3v) is 6.57. The molecular weight excluding hydrogens is 476 g/mol. The molecule has 1 aliphatic heterocycles. The summed E-state index contributed by atoms with van der Waals surface area (Å²) in [5.74, 6) is 3.57. The molecule has 0 saturated carbocycles. The van der Waals surface area contributed by atoms with Gasteiger partial charge in [0.1, 0.15) is 0 Å². The predicted molar refractivity (Wildman–Crippen MR) is 137 cm³/mol. The van der Waals surface area contributed by atoms with Crippen molar-refractivity contribution < 1.29 is 28.3 Å². The van der Waals surface area contributed by atoms with E-state index in [-0.39, 0.29) is 11.8 Å². The van der Waals surface area contributed by atoms with Gasteiger partial charge in [0.15, 0.2) is 23.0 Å². The van der Waals surface area contributed by atoms with Gasteiger partial charge >= 0.3 is 0 Å². The molecule has 198 valence electrons. The molecule has 10 heteroatoms. The van der Waals surface area contributed by atoms with Crippen molar-refractivity contribution in [3.8, 4) is 34.4 Å². The van der Waals surface area contributed by atoms with Gasteiger partial charge in [-0.15, -0.1) is 0 Å². The van der Waals surface area contributed by atoms with Gasteiger partial charge in [0.25, 0.3) is 0 Å². The molecule has 3 aromatic rings. The van der Waals surface area contributed by atoms with Crippen LogP contribution in [0.2, 0.25) is 0 Å². The molecule has 10 nitrogen and oxygen atoms in total. The largest absolute Gasteiger partial charge is 0.493 e. The van der Waals surface area contributed by atoms with Crippen molar-refractivity contribution in [2.45, 2.75) is 25.9 Å². The zero-order valence-electron chi connectivity index (χ0n) is 22.0. The maximum absolute atomic E-state index is 13.2. The highest BCUT2D eigenvalue weighted by atomic mass is 16.5. The highest BCUT2D eigenvalue weighted by Gasteiger charge is 2.29. The molecule has 2 heterocycles. The Morgan fingerprint density at radius 2 is 1.68 bits per heavy atom. The molecule has 1 aliphatic rings. The number of rotatable bonds is 10. The summed E-state index contributed by atoms with van der Waals surface area (Å²) in [6.45, 7) is 2.50. The molecule has 0 radical (unpaired) electrons. The minimum absolute atomic E-state index is 0.0906. The second-order valence-corrected chi connectivity index (χ2v) is 9.04. The first-order chi connectivity index (χ1) is 17.9. The van der Waals surface area contributed by atoms with Crippen LogP contribution < -0.4 is 18.9 Å². The summed E-state index contributed by atoms with van der Waals surface area (Å²) in [6.07, 6.45) is 1.78. The molecule has 4 rings (SSSR count). The predicted octanol–water partition coefficient (Wildman–Crippen LogP) is 3.64. The molecule has 0 aliphatic carbocycles. The Kier molecular flexibility index (Phi) is 8.50. The monoisotopic (exact) mass is 510 g/mol. The minimum Gasteiger partial charge on any atom is -0.493 e. The smallest absolute Gasteiger partial charge is 0.241 e. The van der Waals surface area contributed by atoms with E-state index in [0.29, 0.717) is 54.3 Å². The van der Waals surface area contributed by atoms with Crippen molar-refractivity contribution in [3.05, 3.63) is 47.9 Å². The molecule has 1 aromatic heterocycles. The standard InChI is InChI=1S/C27H34N4O6/c1-30(15-18-8-10-21(33-2)23(13-18)35-4)27(32)20-7-6-12-31(16-20)17-25-28-26(29-37-25)19-9-11-22(34-3)24(14-19)36-5/h8-11,13-14,20H,6-7,12,15-17H2,1-5H3. The van der Waals surface area contributed by atoms with E-state index in [4.69, 9.17) is 23.5 Å². The van der Waals surface area contributed by atoms with E-state index in [1.807, 2.05) is 43.4 Å². The van der Waals surface area contributed by atoms with Crippen molar-refractivity contribution in [3.63, 3.8) is 0 Å². The minimum atomic E-state index is -0.0906. The number of carbonyl (C=O) groups is 1. The van der Waals surface area contributed by atoms with Crippen LogP contribution in [0, 0.1) is 5.92 Å². The Morgan fingerprint density at radius 3 is 2.38 bits per heavy atom. The van der Waals surface area contributed by atoms with Crippen molar-refractivity contribution >= 4 is 5.91 Å². The molecule has 0 spiro atoms. The van der Waals surface area contributed by atoms with Gasteiger partial charge in [0, 0.05) is 25.7 Å². The van der Waals surface area contributed by atoms with Gasteiger partial charge in [0.05, 0.1) is 40.9 Å². The Morgan fingerprint density at radius 1 is 1.00 bits per heavy atom. The van der Waals surface area contributed by atoms with Gasteiger partial charge in [-0.1, -0.05) is 11.2 Å². The third-order valence-electron chi connectivity index (χ3n) is 6.57. The topological polar surface area (TPSA) is 99.4 Å². The van der Waals surface area contributed by atoms with Crippen molar-refractivity contribution in [1.29, 1.82) is 0 Å². The fraction of sp³-hybridized carbons (Fsp3) is 0.444. The van der Waals surface area contributed by atoms with Crippen LogP contribution in [0.25, 0.3) is 11.4 Å². The van der Waals surface area contributed by atoms with Gasteiger partial charge in [-0.25, -0.2) is 0 Å². The summed E-state index contributed by atoms with van der Waals surface area (Å²) in [7, 11) is 8.23. The van der Waals surface area contributed by atoms with Crippen molar-refractivity contribution in [2.75, 3.05) is 48.6 Å². The second kappa shape index (κ2) is 12.0. The maximum Gasteiger partial charge on any atom is 0.241 e. The third kappa shape index (κ3) is 6.14. The first-order valence-corrected chi connectivity index (χ1v) is 12.2.